The third-order valence-electron chi connectivity index (χ3n) is 6.28. The smallest absolute Gasteiger partial charge is 0.243 e. The summed E-state index contributed by atoms with van der Waals surface area (Å²) < 4.78 is 34.5. The van der Waals surface area contributed by atoms with E-state index in [9.17, 15) is 13.5 Å². The van der Waals surface area contributed by atoms with Gasteiger partial charge in [0.05, 0.1) is 17.6 Å². The van der Waals surface area contributed by atoms with Gasteiger partial charge in [0.1, 0.15) is 6.10 Å². The number of nitrogens with zero attached hydrogens (tertiary/aromatic N) is 2. The minimum atomic E-state index is -3.52. The Morgan fingerprint density at radius 1 is 0.914 bits per heavy atom. The Bertz CT molecular complexity index is 1200. The summed E-state index contributed by atoms with van der Waals surface area (Å²) in [6, 6.07) is 24.9. The van der Waals surface area contributed by atoms with Gasteiger partial charge in [-0.2, -0.15) is 4.31 Å². The number of aliphatic hydroxyl groups is 1. The maximum absolute atomic E-state index is 12.9. The molecule has 1 aliphatic rings. The number of halogens is 1. The second kappa shape index (κ2) is 11.8. The van der Waals surface area contributed by atoms with E-state index < -0.39 is 16.1 Å². The first-order valence-corrected chi connectivity index (χ1v) is 14.0. The van der Waals surface area contributed by atoms with Crippen LogP contribution in [0, 0.1) is 6.92 Å². The molecule has 3 aromatic carbocycles. The molecule has 0 aliphatic carbocycles. The molecular weight excluding hydrogens is 528 g/mol. The van der Waals surface area contributed by atoms with Crippen LogP contribution < -0.4 is 0 Å². The van der Waals surface area contributed by atoms with E-state index >= 15 is 0 Å². The summed E-state index contributed by atoms with van der Waals surface area (Å²) in [6.07, 6.45) is -0.945. The van der Waals surface area contributed by atoms with Crippen molar-refractivity contribution in [2.45, 2.75) is 24.0 Å². The summed E-state index contributed by atoms with van der Waals surface area (Å²) in [5.41, 5.74) is 3.26. The first kappa shape index (κ1) is 26.0. The van der Waals surface area contributed by atoms with Crippen LogP contribution in [0.4, 0.5) is 0 Å². The summed E-state index contributed by atoms with van der Waals surface area (Å²) in [7, 11) is -3.52. The fourth-order valence-electron chi connectivity index (χ4n) is 4.34. The zero-order valence-electron chi connectivity index (χ0n) is 19.8. The van der Waals surface area contributed by atoms with E-state index in [-0.39, 0.29) is 12.7 Å². The number of β-amino-alcohol motifs (C(OH)–C–C–N with tert-alkyl or cyclic N) is 1. The molecule has 186 valence electrons. The second-order valence-corrected chi connectivity index (χ2v) is 11.6. The molecule has 2 atom stereocenters. The molecule has 1 saturated heterocycles. The topological polar surface area (TPSA) is 70.1 Å². The van der Waals surface area contributed by atoms with Gasteiger partial charge >= 0.3 is 0 Å². The lowest BCUT2D eigenvalue weighted by atomic mass is 9.97. The number of ether oxygens (including phenoxy) is 1. The second-order valence-electron chi connectivity index (χ2n) is 8.79. The van der Waals surface area contributed by atoms with Crippen LogP contribution in [0.3, 0.4) is 0 Å². The van der Waals surface area contributed by atoms with Crippen molar-refractivity contribution in [3.63, 3.8) is 0 Å². The minimum Gasteiger partial charge on any atom is -0.389 e. The highest BCUT2D eigenvalue weighted by Crippen LogP contribution is 2.28. The predicted molar refractivity (Wildman–Crippen MR) is 141 cm³/mol. The van der Waals surface area contributed by atoms with E-state index in [2.05, 4.69) is 39.9 Å². The van der Waals surface area contributed by atoms with Gasteiger partial charge in [0.2, 0.25) is 10.0 Å². The zero-order chi connectivity index (χ0) is 24.8. The lowest BCUT2D eigenvalue weighted by Gasteiger charge is -2.35. The van der Waals surface area contributed by atoms with Gasteiger partial charge in [0.25, 0.3) is 0 Å². The zero-order valence-corrected chi connectivity index (χ0v) is 22.2. The SMILES string of the molecule is Cc1ccccc1C(OCC(O)CN1CCN(S(=O)(=O)c2ccc(Br)cc2)CC1)c1ccccc1. The van der Waals surface area contributed by atoms with E-state index in [4.69, 9.17) is 4.74 Å². The van der Waals surface area contributed by atoms with Crippen molar-refractivity contribution in [2.24, 2.45) is 0 Å². The number of benzene rings is 3. The molecule has 1 aliphatic heterocycles. The number of aryl methyl sites for hydroxylation is 1. The molecule has 2 unspecified atom stereocenters. The minimum absolute atomic E-state index is 0.186. The van der Waals surface area contributed by atoms with Gasteiger partial charge < -0.3 is 9.84 Å². The molecule has 8 heteroatoms. The van der Waals surface area contributed by atoms with Crippen LogP contribution in [0.25, 0.3) is 0 Å². The molecule has 0 amide bonds. The van der Waals surface area contributed by atoms with Crippen molar-refractivity contribution in [3.8, 4) is 0 Å². The van der Waals surface area contributed by atoms with E-state index in [0.29, 0.717) is 37.6 Å². The van der Waals surface area contributed by atoms with Gasteiger partial charge in [0.15, 0.2) is 0 Å². The largest absolute Gasteiger partial charge is 0.389 e. The molecule has 35 heavy (non-hydrogen) atoms. The molecule has 0 saturated carbocycles. The average molecular weight is 560 g/mol. The normalized spacial score (nSPS) is 17.2. The molecule has 0 aromatic heterocycles. The van der Waals surface area contributed by atoms with Crippen LogP contribution in [0.1, 0.15) is 22.8 Å². The highest BCUT2D eigenvalue weighted by molar-refractivity contribution is 9.10. The number of hydrogen-bond donors (Lipinski definition) is 1. The van der Waals surface area contributed by atoms with Crippen LogP contribution in [0.5, 0.6) is 0 Å². The van der Waals surface area contributed by atoms with E-state index in [1.165, 1.54) is 4.31 Å². The van der Waals surface area contributed by atoms with Gasteiger partial charge in [-0.15, -0.1) is 0 Å². The Morgan fingerprint density at radius 2 is 1.54 bits per heavy atom. The van der Waals surface area contributed by atoms with Gasteiger partial charge in [-0.3, -0.25) is 4.90 Å². The van der Waals surface area contributed by atoms with E-state index in [1.807, 2.05) is 42.5 Å². The third-order valence-corrected chi connectivity index (χ3v) is 8.72. The summed E-state index contributed by atoms with van der Waals surface area (Å²) in [4.78, 5) is 2.39. The molecule has 1 fully saturated rings. The summed E-state index contributed by atoms with van der Waals surface area (Å²) >= 11 is 3.34. The Hall–Kier alpha value is -2.07. The number of piperazine rings is 1. The fourth-order valence-corrected chi connectivity index (χ4v) is 6.03. The molecule has 1 N–H and O–H groups in total. The van der Waals surface area contributed by atoms with Crippen molar-refractivity contribution in [3.05, 3.63) is 100 Å². The van der Waals surface area contributed by atoms with Crippen molar-refractivity contribution in [1.82, 2.24) is 9.21 Å². The highest BCUT2D eigenvalue weighted by Gasteiger charge is 2.29. The predicted octanol–water partition coefficient (Wildman–Crippen LogP) is 4.23. The lowest BCUT2D eigenvalue weighted by molar-refractivity contribution is -0.0118. The molecule has 0 spiro atoms. The van der Waals surface area contributed by atoms with Gasteiger partial charge in [-0.25, -0.2) is 8.42 Å². The fraction of sp³-hybridized carbons (Fsp3) is 0.333. The van der Waals surface area contributed by atoms with Crippen LogP contribution in [0.15, 0.2) is 88.2 Å². The summed E-state index contributed by atoms with van der Waals surface area (Å²) in [5.74, 6) is 0. The Labute approximate surface area is 216 Å². The quantitative estimate of drug-likeness (QED) is 0.425. The lowest BCUT2D eigenvalue weighted by Crippen LogP contribution is -2.50. The maximum atomic E-state index is 12.9. The Kier molecular flexibility index (Phi) is 8.75. The van der Waals surface area contributed by atoms with Crippen LogP contribution in [-0.2, 0) is 14.8 Å². The first-order valence-electron chi connectivity index (χ1n) is 11.7. The molecule has 1 heterocycles. The van der Waals surface area contributed by atoms with Crippen LogP contribution in [-0.4, -0.2) is 68.2 Å². The number of rotatable bonds is 9. The summed E-state index contributed by atoms with van der Waals surface area (Å²) in [5, 5.41) is 10.7. The van der Waals surface area contributed by atoms with Gasteiger partial charge in [0, 0.05) is 37.2 Å². The average Bonchev–Trinajstić information content (AvgIpc) is 2.86. The molecule has 4 rings (SSSR count). The molecule has 0 bridgehead atoms. The Morgan fingerprint density at radius 3 is 2.20 bits per heavy atom. The Balaban J connectivity index is 1.33. The monoisotopic (exact) mass is 558 g/mol. The van der Waals surface area contributed by atoms with Crippen molar-refractivity contribution < 1.29 is 18.3 Å². The molecular formula is C27H31BrN2O4S. The third kappa shape index (κ3) is 6.58. The van der Waals surface area contributed by atoms with Crippen molar-refractivity contribution in [2.75, 3.05) is 39.3 Å². The highest BCUT2D eigenvalue weighted by atomic mass is 79.9. The maximum Gasteiger partial charge on any atom is 0.243 e. The van der Waals surface area contributed by atoms with Crippen molar-refractivity contribution in [1.29, 1.82) is 0 Å². The van der Waals surface area contributed by atoms with Crippen LogP contribution >= 0.6 is 15.9 Å². The number of aliphatic hydroxyl groups excluding tert-OH is 1. The standard InChI is InChI=1S/C27H31BrN2O4S/c1-21-7-5-6-10-26(21)27(22-8-3-2-4-9-22)34-20-24(31)19-29-15-17-30(18-16-29)35(32,33)25-13-11-23(28)12-14-25/h2-14,24,27,31H,15-20H2,1H3. The molecule has 6 nitrogen and oxygen atoms in total. The summed E-state index contributed by atoms with van der Waals surface area (Å²) in [6.45, 7) is 4.59. The first-order chi connectivity index (χ1) is 16.8. The molecule has 0 radical (unpaired) electrons. The van der Waals surface area contributed by atoms with E-state index in [1.54, 1.807) is 24.3 Å². The van der Waals surface area contributed by atoms with Crippen LogP contribution in [0.2, 0.25) is 0 Å². The number of hydrogen-bond acceptors (Lipinski definition) is 5. The van der Waals surface area contributed by atoms with E-state index in [0.717, 1.165) is 21.2 Å². The van der Waals surface area contributed by atoms with Gasteiger partial charge in [-0.05, 0) is 47.9 Å². The van der Waals surface area contributed by atoms with Gasteiger partial charge in [-0.1, -0.05) is 70.5 Å². The van der Waals surface area contributed by atoms with Crippen molar-refractivity contribution >= 4 is 26.0 Å². The number of sulfonamides is 1. The molecule has 3 aromatic rings.